The van der Waals surface area contributed by atoms with Crippen LogP contribution in [0.2, 0.25) is 0 Å². The maximum Gasteiger partial charge on any atom is 0.337 e. The lowest BCUT2D eigenvalue weighted by Crippen LogP contribution is -2.08. The Morgan fingerprint density at radius 1 is 1.04 bits per heavy atom. The first-order chi connectivity index (χ1) is 13.1. The largest absolute Gasteiger partial charge is 0.465 e. The van der Waals surface area contributed by atoms with Crippen molar-refractivity contribution in [1.82, 2.24) is 9.97 Å². The van der Waals surface area contributed by atoms with E-state index in [0.29, 0.717) is 11.5 Å². The first-order valence-corrected chi connectivity index (χ1v) is 8.73. The molecule has 6 heteroatoms. The molecule has 0 amide bonds. The van der Waals surface area contributed by atoms with Gasteiger partial charge in [0, 0.05) is 24.0 Å². The number of hydrogen-bond acceptors (Lipinski definition) is 6. The van der Waals surface area contributed by atoms with Gasteiger partial charge in [0.2, 0.25) is 5.95 Å². The number of methoxy groups -OCH3 is 1. The van der Waals surface area contributed by atoms with Gasteiger partial charge in [-0.3, -0.25) is 0 Å². The minimum atomic E-state index is -0.363. The predicted molar refractivity (Wildman–Crippen MR) is 106 cm³/mol. The predicted octanol–water partition coefficient (Wildman–Crippen LogP) is 3.97. The summed E-state index contributed by atoms with van der Waals surface area (Å²) in [4.78, 5) is 20.4. The Balaban J connectivity index is 1.63. The van der Waals surface area contributed by atoms with Crippen molar-refractivity contribution >= 4 is 23.4 Å². The second-order valence-electron chi connectivity index (χ2n) is 6.07. The highest BCUT2D eigenvalue weighted by Gasteiger charge is 2.06. The fourth-order valence-corrected chi connectivity index (χ4v) is 2.63. The summed E-state index contributed by atoms with van der Waals surface area (Å²) in [5, 5.41) is 6.50. The molecule has 2 N–H and O–H groups in total. The molecule has 1 heterocycles. The van der Waals surface area contributed by atoms with E-state index in [2.05, 4.69) is 32.7 Å². The van der Waals surface area contributed by atoms with E-state index in [4.69, 9.17) is 4.74 Å². The quantitative estimate of drug-likeness (QED) is 0.620. The highest BCUT2D eigenvalue weighted by atomic mass is 16.5. The van der Waals surface area contributed by atoms with E-state index in [9.17, 15) is 4.79 Å². The highest BCUT2D eigenvalue weighted by Crippen LogP contribution is 2.17. The molecule has 0 atom stereocenters. The molecule has 3 rings (SSSR count). The number of hydrogen-bond donors (Lipinski definition) is 2. The Labute approximate surface area is 158 Å². The van der Waals surface area contributed by atoms with Gasteiger partial charge in [0.15, 0.2) is 0 Å². The van der Waals surface area contributed by atoms with Crippen LogP contribution in [0.15, 0.2) is 60.7 Å². The molecule has 1 aromatic heterocycles. The Kier molecular flexibility index (Phi) is 5.99. The molecule has 0 aliphatic rings. The molecular formula is C21H22N4O2. The molecule has 6 nitrogen and oxygen atoms in total. The van der Waals surface area contributed by atoms with E-state index in [-0.39, 0.29) is 5.97 Å². The zero-order chi connectivity index (χ0) is 19.1. The zero-order valence-electron chi connectivity index (χ0n) is 15.4. The molecule has 2 aromatic carbocycles. The summed E-state index contributed by atoms with van der Waals surface area (Å²) < 4.78 is 4.70. The van der Waals surface area contributed by atoms with Crippen molar-refractivity contribution < 1.29 is 9.53 Å². The van der Waals surface area contributed by atoms with Gasteiger partial charge in [-0.25, -0.2) is 9.78 Å². The van der Waals surface area contributed by atoms with Crippen LogP contribution in [-0.4, -0.2) is 29.6 Å². The van der Waals surface area contributed by atoms with Gasteiger partial charge in [0.1, 0.15) is 5.82 Å². The third-order valence-electron chi connectivity index (χ3n) is 3.98. The standard InChI is InChI=1S/C21H22N4O2/c1-15-14-19(22-13-12-16-6-4-3-5-7-16)25-21(23-15)24-18-10-8-17(9-11-18)20(26)27-2/h3-11,14H,12-13H2,1-2H3,(H2,22,23,24,25). The zero-order valence-corrected chi connectivity index (χ0v) is 15.4. The van der Waals surface area contributed by atoms with Gasteiger partial charge >= 0.3 is 5.97 Å². The number of ether oxygens (including phenoxy) is 1. The van der Waals surface area contributed by atoms with Gasteiger partial charge in [-0.15, -0.1) is 0 Å². The molecule has 0 bridgehead atoms. The normalized spacial score (nSPS) is 10.3. The van der Waals surface area contributed by atoms with E-state index in [1.54, 1.807) is 24.3 Å². The molecule has 0 fully saturated rings. The van der Waals surface area contributed by atoms with Gasteiger partial charge in [-0.05, 0) is 43.2 Å². The van der Waals surface area contributed by atoms with Crippen molar-refractivity contribution in [2.45, 2.75) is 13.3 Å². The Hall–Kier alpha value is -3.41. The van der Waals surface area contributed by atoms with Crippen molar-refractivity contribution in [3.8, 4) is 0 Å². The summed E-state index contributed by atoms with van der Waals surface area (Å²) >= 11 is 0. The molecule has 0 radical (unpaired) electrons. The molecular weight excluding hydrogens is 340 g/mol. The minimum absolute atomic E-state index is 0.363. The van der Waals surface area contributed by atoms with Crippen LogP contribution in [0.1, 0.15) is 21.6 Å². The first-order valence-electron chi connectivity index (χ1n) is 8.73. The minimum Gasteiger partial charge on any atom is -0.465 e. The smallest absolute Gasteiger partial charge is 0.337 e. The van der Waals surface area contributed by atoms with Gasteiger partial charge in [0.25, 0.3) is 0 Å². The number of anilines is 3. The second-order valence-corrected chi connectivity index (χ2v) is 6.07. The monoisotopic (exact) mass is 362 g/mol. The molecule has 0 aliphatic heterocycles. The number of carbonyl (C=O) groups excluding carboxylic acids is 1. The number of aromatic nitrogens is 2. The molecule has 27 heavy (non-hydrogen) atoms. The fourth-order valence-electron chi connectivity index (χ4n) is 2.63. The lowest BCUT2D eigenvalue weighted by molar-refractivity contribution is 0.0601. The lowest BCUT2D eigenvalue weighted by Gasteiger charge is -2.10. The van der Waals surface area contributed by atoms with Crippen LogP contribution in [-0.2, 0) is 11.2 Å². The van der Waals surface area contributed by atoms with Gasteiger partial charge in [-0.1, -0.05) is 30.3 Å². The van der Waals surface area contributed by atoms with Crippen LogP contribution in [0, 0.1) is 6.92 Å². The van der Waals surface area contributed by atoms with Crippen molar-refractivity contribution in [3.05, 3.63) is 77.5 Å². The molecule has 138 valence electrons. The number of esters is 1. The fraction of sp³-hybridized carbons (Fsp3) is 0.190. The van der Waals surface area contributed by atoms with Crippen molar-refractivity contribution in [1.29, 1.82) is 0 Å². The van der Waals surface area contributed by atoms with Crippen molar-refractivity contribution in [2.24, 2.45) is 0 Å². The molecule has 0 saturated heterocycles. The lowest BCUT2D eigenvalue weighted by atomic mass is 10.1. The summed E-state index contributed by atoms with van der Waals surface area (Å²) in [6.45, 7) is 2.71. The molecule has 3 aromatic rings. The van der Waals surface area contributed by atoms with Crippen LogP contribution in [0.3, 0.4) is 0 Å². The SMILES string of the molecule is COC(=O)c1ccc(Nc2nc(C)cc(NCCc3ccccc3)n2)cc1. The third kappa shape index (κ3) is 5.28. The van der Waals surface area contributed by atoms with Crippen LogP contribution >= 0.6 is 0 Å². The molecule has 0 aliphatic carbocycles. The van der Waals surface area contributed by atoms with E-state index < -0.39 is 0 Å². The summed E-state index contributed by atoms with van der Waals surface area (Å²) in [6.07, 6.45) is 0.918. The maximum atomic E-state index is 11.5. The highest BCUT2D eigenvalue weighted by molar-refractivity contribution is 5.89. The molecule has 0 saturated carbocycles. The summed E-state index contributed by atoms with van der Waals surface area (Å²) in [6, 6.07) is 19.2. The summed E-state index contributed by atoms with van der Waals surface area (Å²) in [7, 11) is 1.36. The van der Waals surface area contributed by atoms with Crippen LogP contribution in [0.25, 0.3) is 0 Å². The first kappa shape index (κ1) is 18.4. The van der Waals surface area contributed by atoms with Crippen molar-refractivity contribution in [2.75, 3.05) is 24.3 Å². The number of aryl methyl sites for hydroxylation is 1. The number of nitrogens with zero attached hydrogens (tertiary/aromatic N) is 2. The van der Waals surface area contributed by atoms with E-state index in [1.807, 2.05) is 31.2 Å². The van der Waals surface area contributed by atoms with E-state index >= 15 is 0 Å². The van der Waals surface area contributed by atoms with Gasteiger partial charge in [0.05, 0.1) is 12.7 Å². The number of rotatable bonds is 7. The number of benzene rings is 2. The van der Waals surface area contributed by atoms with Crippen LogP contribution < -0.4 is 10.6 Å². The average molecular weight is 362 g/mol. The van der Waals surface area contributed by atoms with E-state index in [1.165, 1.54) is 12.7 Å². The van der Waals surface area contributed by atoms with Crippen LogP contribution in [0.4, 0.5) is 17.5 Å². The Morgan fingerprint density at radius 2 is 1.78 bits per heavy atom. The van der Waals surface area contributed by atoms with E-state index in [0.717, 1.165) is 30.2 Å². The number of carbonyl (C=O) groups is 1. The van der Waals surface area contributed by atoms with Gasteiger partial charge in [-0.2, -0.15) is 4.98 Å². The van der Waals surface area contributed by atoms with Crippen molar-refractivity contribution in [3.63, 3.8) is 0 Å². The molecule has 0 unspecified atom stereocenters. The maximum absolute atomic E-state index is 11.5. The van der Waals surface area contributed by atoms with Gasteiger partial charge < -0.3 is 15.4 Å². The topological polar surface area (TPSA) is 76.1 Å². The number of nitrogens with one attached hydrogen (secondary N) is 2. The average Bonchev–Trinajstić information content (AvgIpc) is 2.68. The molecule has 0 spiro atoms. The second kappa shape index (κ2) is 8.80. The van der Waals surface area contributed by atoms with Crippen LogP contribution in [0.5, 0.6) is 0 Å². The third-order valence-corrected chi connectivity index (χ3v) is 3.98. The summed E-state index contributed by atoms with van der Waals surface area (Å²) in [5.74, 6) is 0.911. The Morgan fingerprint density at radius 3 is 2.48 bits per heavy atom. The summed E-state index contributed by atoms with van der Waals surface area (Å²) in [5.41, 5.74) is 3.43. The Bertz CT molecular complexity index is 896.